The predicted molar refractivity (Wildman–Crippen MR) is 103 cm³/mol. The van der Waals surface area contributed by atoms with Gasteiger partial charge in [-0.25, -0.2) is 9.97 Å². The Hall–Kier alpha value is -2.95. The first-order valence-corrected chi connectivity index (χ1v) is 8.78. The van der Waals surface area contributed by atoms with Gasteiger partial charge in [-0.1, -0.05) is 42.5 Å². The third-order valence-electron chi connectivity index (χ3n) is 4.57. The third-order valence-corrected chi connectivity index (χ3v) is 4.57. The lowest BCUT2D eigenvalue weighted by Gasteiger charge is -2.19. The second-order valence-electron chi connectivity index (χ2n) is 6.47. The smallest absolute Gasteiger partial charge is 0.310 e. The van der Waals surface area contributed by atoms with Crippen molar-refractivity contribution in [2.75, 3.05) is 5.32 Å². The van der Waals surface area contributed by atoms with E-state index < -0.39 is 11.9 Å². The lowest BCUT2D eigenvalue weighted by atomic mass is 9.99. The topological polar surface area (TPSA) is 75.1 Å². The van der Waals surface area contributed by atoms with Crippen molar-refractivity contribution in [2.24, 2.45) is 5.92 Å². The van der Waals surface area contributed by atoms with Gasteiger partial charge < -0.3 is 10.4 Å². The highest BCUT2D eigenvalue weighted by Gasteiger charge is 2.19. The largest absolute Gasteiger partial charge is 0.481 e. The van der Waals surface area contributed by atoms with Gasteiger partial charge in [0.1, 0.15) is 11.6 Å². The van der Waals surface area contributed by atoms with E-state index in [4.69, 9.17) is 15.1 Å². The molecule has 134 valence electrons. The molecule has 0 saturated carbocycles. The second kappa shape index (κ2) is 7.95. The highest BCUT2D eigenvalue weighted by atomic mass is 16.4. The van der Waals surface area contributed by atoms with Gasteiger partial charge >= 0.3 is 5.97 Å². The van der Waals surface area contributed by atoms with Crippen LogP contribution in [0.4, 0.5) is 5.82 Å². The molecule has 1 aromatic heterocycles. The van der Waals surface area contributed by atoms with Crippen molar-refractivity contribution in [3.8, 4) is 0 Å². The first-order chi connectivity index (χ1) is 12.6. The summed E-state index contributed by atoms with van der Waals surface area (Å²) in [6.45, 7) is 5.82. The number of nitrogens with one attached hydrogen (secondary N) is 1. The van der Waals surface area contributed by atoms with Crippen LogP contribution in [-0.4, -0.2) is 21.0 Å². The Labute approximate surface area is 153 Å². The number of carboxylic acid groups (broad SMARTS) is 1. The molecule has 1 aromatic rings. The molecule has 0 spiro atoms. The van der Waals surface area contributed by atoms with E-state index in [-0.39, 0.29) is 5.92 Å². The minimum Gasteiger partial charge on any atom is -0.481 e. The fourth-order valence-electron chi connectivity index (χ4n) is 3.08. The van der Waals surface area contributed by atoms with Gasteiger partial charge in [0.15, 0.2) is 0 Å². The monoisotopic (exact) mass is 349 g/mol. The van der Waals surface area contributed by atoms with Crippen molar-refractivity contribution in [1.29, 1.82) is 0 Å². The van der Waals surface area contributed by atoms with Crippen LogP contribution >= 0.6 is 0 Å². The summed E-state index contributed by atoms with van der Waals surface area (Å²) in [6, 6.07) is 0. The standard InChI is InChI=1S/C21H23N3O2/c1-3-7-18-14(2)22-19(15-8-5-4-6-9-15)24-20(18)23-17-12-10-16(11-13-17)21(25)26/h3-6,8,10,12-13,15-16H,1,7,9,11H2,2H3,(H,25,26)(H,22,23,24). The normalized spacial score (nSPS) is 21.3. The Morgan fingerprint density at radius 3 is 2.81 bits per heavy atom. The average Bonchev–Trinajstić information content (AvgIpc) is 2.65. The number of aromatic nitrogens is 2. The zero-order valence-corrected chi connectivity index (χ0v) is 14.9. The number of nitrogens with zero attached hydrogens (tertiary/aromatic N) is 2. The van der Waals surface area contributed by atoms with E-state index in [0.717, 1.165) is 35.0 Å². The Kier molecular flexibility index (Phi) is 5.46. The number of allylic oxidation sites excluding steroid dienone is 7. The van der Waals surface area contributed by atoms with Gasteiger partial charge in [-0.2, -0.15) is 0 Å². The van der Waals surface area contributed by atoms with Crippen LogP contribution in [0.2, 0.25) is 0 Å². The first-order valence-electron chi connectivity index (χ1n) is 8.78. The highest BCUT2D eigenvalue weighted by molar-refractivity contribution is 5.73. The number of hydrogen-bond acceptors (Lipinski definition) is 4. The van der Waals surface area contributed by atoms with Crippen molar-refractivity contribution < 1.29 is 9.90 Å². The van der Waals surface area contributed by atoms with E-state index in [1.807, 2.05) is 31.2 Å². The number of aliphatic carboxylic acids is 1. The molecule has 2 atom stereocenters. The Morgan fingerprint density at radius 2 is 2.19 bits per heavy atom. The molecule has 0 amide bonds. The minimum absolute atomic E-state index is 0.171. The molecular formula is C21H23N3O2. The Bertz CT molecular complexity index is 834. The molecule has 0 saturated heterocycles. The highest BCUT2D eigenvalue weighted by Crippen LogP contribution is 2.27. The Morgan fingerprint density at radius 1 is 1.35 bits per heavy atom. The number of carbonyl (C=O) groups is 1. The molecule has 2 aliphatic carbocycles. The van der Waals surface area contributed by atoms with Crippen molar-refractivity contribution in [2.45, 2.75) is 32.1 Å². The molecule has 0 aromatic carbocycles. The maximum Gasteiger partial charge on any atom is 0.310 e. The summed E-state index contributed by atoms with van der Waals surface area (Å²) < 4.78 is 0. The first kappa shape index (κ1) is 17.9. The second-order valence-corrected chi connectivity index (χ2v) is 6.47. The van der Waals surface area contributed by atoms with E-state index in [9.17, 15) is 4.79 Å². The van der Waals surface area contributed by atoms with Crippen LogP contribution in [0.1, 0.15) is 35.8 Å². The summed E-state index contributed by atoms with van der Waals surface area (Å²) in [5.41, 5.74) is 2.80. The summed E-state index contributed by atoms with van der Waals surface area (Å²) in [4.78, 5) is 20.6. The molecule has 26 heavy (non-hydrogen) atoms. The maximum atomic E-state index is 11.1. The molecule has 2 N–H and O–H groups in total. The molecule has 0 aliphatic heterocycles. The van der Waals surface area contributed by atoms with Gasteiger partial charge in [0.2, 0.25) is 0 Å². The van der Waals surface area contributed by atoms with E-state index >= 15 is 0 Å². The van der Waals surface area contributed by atoms with Gasteiger partial charge in [-0.15, -0.1) is 6.58 Å². The third kappa shape index (κ3) is 3.99. The van der Waals surface area contributed by atoms with Crippen molar-refractivity contribution >= 4 is 11.8 Å². The zero-order chi connectivity index (χ0) is 18.5. The molecule has 0 fully saturated rings. The number of hydrogen-bond donors (Lipinski definition) is 2. The lowest BCUT2D eigenvalue weighted by Crippen LogP contribution is -2.15. The fraction of sp³-hybridized carbons (Fsp3) is 0.286. The van der Waals surface area contributed by atoms with Gasteiger partial charge in [0.05, 0.1) is 5.92 Å². The van der Waals surface area contributed by atoms with Crippen LogP contribution in [0.25, 0.3) is 0 Å². The Balaban J connectivity index is 1.89. The van der Waals surface area contributed by atoms with Crippen LogP contribution in [-0.2, 0) is 11.2 Å². The quantitative estimate of drug-likeness (QED) is 0.757. The van der Waals surface area contributed by atoms with Gasteiger partial charge in [-0.3, -0.25) is 4.79 Å². The van der Waals surface area contributed by atoms with E-state index in [1.165, 1.54) is 0 Å². The SMILES string of the molecule is C=CCc1c(C)nc(C2C=CC=CC2)nc1NC1=CCC(C(=O)O)C=C1. The van der Waals surface area contributed by atoms with Crippen LogP contribution in [0, 0.1) is 12.8 Å². The fourth-order valence-corrected chi connectivity index (χ4v) is 3.08. The van der Waals surface area contributed by atoms with E-state index in [1.54, 1.807) is 12.2 Å². The molecule has 0 bridgehead atoms. The molecular weight excluding hydrogens is 326 g/mol. The average molecular weight is 349 g/mol. The molecule has 0 radical (unpaired) electrons. The molecule has 5 nitrogen and oxygen atoms in total. The number of aryl methyl sites for hydroxylation is 1. The summed E-state index contributed by atoms with van der Waals surface area (Å²) in [5.74, 6) is 0.461. The number of anilines is 1. The molecule has 1 heterocycles. The molecule has 5 heteroatoms. The predicted octanol–water partition coefficient (Wildman–Crippen LogP) is 4.07. The van der Waals surface area contributed by atoms with Crippen molar-refractivity contribution in [3.05, 3.63) is 78.0 Å². The van der Waals surface area contributed by atoms with Gasteiger partial charge in [-0.05, 0) is 32.3 Å². The molecule has 2 aliphatic rings. The van der Waals surface area contributed by atoms with Crippen LogP contribution in [0.5, 0.6) is 0 Å². The number of rotatable bonds is 6. The van der Waals surface area contributed by atoms with Gasteiger partial charge in [0, 0.05) is 22.9 Å². The van der Waals surface area contributed by atoms with Crippen molar-refractivity contribution in [3.63, 3.8) is 0 Å². The zero-order valence-electron chi connectivity index (χ0n) is 14.9. The maximum absolute atomic E-state index is 11.1. The van der Waals surface area contributed by atoms with E-state index in [0.29, 0.717) is 12.8 Å². The minimum atomic E-state index is -0.804. The van der Waals surface area contributed by atoms with E-state index in [2.05, 4.69) is 24.0 Å². The van der Waals surface area contributed by atoms with Crippen LogP contribution < -0.4 is 5.32 Å². The van der Waals surface area contributed by atoms with Crippen LogP contribution in [0.3, 0.4) is 0 Å². The van der Waals surface area contributed by atoms with Crippen LogP contribution in [0.15, 0.2) is 60.9 Å². The molecule has 2 unspecified atom stereocenters. The summed E-state index contributed by atoms with van der Waals surface area (Å²) in [7, 11) is 0. The summed E-state index contributed by atoms with van der Waals surface area (Å²) in [5, 5.41) is 12.5. The van der Waals surface area contributed by atoms with Crippen molar-refractivity contribution in [1.82, 2.24) is 9.97 Å². The summed E-state index contributed by atoms with van der Waals surface area (Å²) in [6.07, 6.45) is 17.6. The summed E-state index contributed by atoms with van der Waals surface area (Å²) >= 11 is 0. The number of carboxylic acids is 1. The van der Waals surface area contributed by atoms with Gasteiger partial charge in [0.25, 0.3) is 0 Å². The lowest BCUT2D eigenvalue weighted by molar-refractivity contribution is -0.139. The molecule has 3 rings (SSSR count).